The van der Waals surface area contributed by atoms with Crippen molar-refractivity contribution >= 4 is 11.6 Å². The molecule has 0 aliphatic heterocycles. The Morgan fingerprint density at radius 1 is 1.40 bits per heavy atom. The first-order chi connectivity index (χ1) is 7.15. The van der Waals surface area contributed by atoms with Gasteiger partial charge in [-0.2, -0.15) is 4.98 Å². The molecule has 15 heavy (non-hydrogen) atoms. The smallest absolute Gasteiger partial charge is 0.255 e. The molecular weight excluding hydrogens is 218 g/mol. The van der Waals surface area contributed by atoms with E-state index in [9.17, 15) is 4.79 Å². The summed E-state index contributed by atoms with van der Waals surface area (Å²) < 4.78 is 0. The van der Waals surface area contributed by atoms with Crippen molar-refractivity contribution in [3.8, 4) is 17.4 Å². The lowest BCUT2D eigenvalue weighted by Gasteiger charge is -1.99. The highest BCUT2D eigenvalue weighted by atomic mass is 35.5. The van der Waals surface area contributed by atoms with Crippen molar-refractivity contribution in [2.24, 2.45) is 0 Å². The van der Waals surface area contributed by atoms with E-state index in [4.69, 9.17) is 16.7 Å². The molecule has 0 atom stereocenters. The van der Waals surface area contributed by atoms with E-state index in [1.807, 2.05) is 0 Å². The molecule has 0 aliphatic carbocycles. The lowest BCUT2D eigenvalue weighted by molar-refractivity contribution is 0.452. The Kier molecular flexibility index (Phi) is 2.39. The van der Waals surface area contributed by atoms with Crippen LogP contribution in [0.5, 0.6) is 5.88 Å². The molecular formula is C9H6ClN3O2. The second-order valence-electron chi connectivity index (χ2n) is 2.81. The Bertz CT molecular complexity index is 536. The molecule has 0 fully saturated rings. The third kappa shape index (κ3) is 2.13. The lowest BCUT2D eigenvalue weighted by Crippen LogP contribution is -2.07. The first-order valence-corrected chi connectivity index (χ1v) is 4.45. The van der Waals surface area contributed by atoms with Crippen LogP contribution in [0.1, 0.15) is 0 Å². The summed E-state index contributed by atoms with van der Waals surface area (Å²) in [5.41, 5.74) is 0.00153. The van der Waals surface area contributed by atoms with Gasteiger partial charge in [0, 0.05) is 6.20 Å². The molecule has 2 aromatic rings. The molecule has 0 aromatic carbocycles. The summed E-state index contributed by atoms with van der Waals surface area (Å²) in [6.07, 6.45) is 1.43. The van der Waals surface area contributed by atoms with Crippen LogP contribution in [0.2, 0.25) is 5.02 Å². The Morgan fingerprint density at radius 2 is 2.20 bits per heavy atom. The molecule has 0 radical (unpaired) electrons. The average molecular weight is 224 g/mol. The van der Waals surface area contributed by atoms with E-state index in [2.05, 4.69) is 15.0 Å². The zero-order valence-corrected chi connectivity index (χ0v) is 8.19. The lowest BCUT2D eigenvalue weighted by atomic mass is 10.3. The number of pyridine rings is 1. The van der Waals surface area contributed by atoms with Crippen molar-refractivity contribution in [1.82, 2.24) is 15.0 Å². The fourth-order valence-corrected chi connectivity index (χ4v) is 1.19. The Balaban J connectivity index is 2.54. The Morgan fingerprint density at radius 3 is 2.80 bits per heavy atom. The molecule has 2 N–H and O–H groups in total. The van der Waals surface area contributed by atoms with E-state index in [0.29, 0.717) is 10.7 Å². The van der Waals surface area contributed by atoms with Crippen molar-refractivity contribution in [1.29, 1.82) is 0 Å². The van der Waals surface area contributed by atoms with Crippen LogP contribution in [0.4, 0.5) is 0 Å². The number of aromatic hydroxyl groups is 1. The Labute approximate surface area is 89.4 Å². The van der Waals surface area contributed by atoms with Crippen LogP contribution in [0.3, 0.4) is 0 Å². The minimum absolute atomic E-state index is 0.205. The topological polar surface area (TPSA) is 78.9 Å². The molecule has 0 aliphatic rings. The molecule has 0 saturated carbocycles. The highest BCUT2D eigenvalue weighted by Gasteiger charge is 2.03. The zero-order valence-electron chi connectivity index (χ0n) is 7.44. The monoisotopic (exact) mass is 223 g/mol. The average Bonchev–Trinajstić information content (AvgIpc) is 2.17. The van der Waals surface area contributed by atoms with Crippen molar-refractivity contribution in [2.75, 3.05) is 0 Å². The maximum atomic E-state index is 11.0. The van der Waals surface area contributed by atoms with E-state index in [0.717, 1.165) is 6.07 Å². The van der Waals surface area contributed by atoms with Crippen LogP contribution < -0.4 is 5.56 Å². The maximum Gasteiger partial charge on any atom is 0.255 e. The van der Waals surface area contributed by atoms with E-state index < -0.39 is 5.56 Å². The van der Waals surface area contributed by atoms with Crippen LogP contribution in [0, 0.1) is 0 Å². The number of nitrogens with one attached hydrogen (secondary N) is 1. The number of hydrogen-bond acceptors (Lipinski definition) is 4. The van der Waals surface area contributed by atoms with Gasteiger partial charge in [0.1, 0.15) is 5.69 Å². The number of nitrogens with zero attached hydrogens (tertiary/aromatic N) is 2. The van der Waals surface area contributed by atoms with Gasteiger partial charge in [-0.25, -0.2) is 0 Å². The van der Waals surface area contributed by atoms with E-state index >= 15 is 0 Å². The molecule has 0 bridgehead atoms. The summed E-state index contributed by atoms with van der Waals surface area (Å²) in [5, 5.41) is 9.61. The first-order valence-electron chi connectivity index (χ1n) is 4.07. The third-order valence-corrected chi connectivity index (χ3v) is 1.92. The minimum Gasteiger partial charge on any atom is -0.493 e. The summed E-state index contributed by atoms with van der Waals surface area (Å²) in [6.45, 7) is 0. The van der Waals surface area contributed by atoms with Gasteiger partial charge in [0.25, 0.3) is 5.56 Å². The zero-order chi connectivity index (χ0) is 10.8. The number of H-pyrrole nitrogens is 1. The fraction of sp³-hybridized carbons (Fsp3) is 0. The summed E-state index contributed by atoms with van der Waals surface area (Å²) in [7, 11) is 0. The first kappa shape index (κ1) is 9.67. The normalized spacial score (nSPS) is 10.2. The molecule has 0 amide bonds. The maximum absolute atomic E-state index is 11.0. The molecule has 2 heterocycles. The molecule has 2 rings (SSSR count). The standard InChI is InChI=1S/C9H6ClN3O2/c10-5-1-2-6(11-4-5)9-12-7(14)3-8(15)13-9/h1-4H,(H2,12,13,14,15). The van der Waals surface area contributed by atoms with E-state index in [-0.39, 0.29) is 11.7 Å². The number of halogens is 1. The van der Waals surface area contributed by atoms with Gasteiger partial charge in [0.05, 0.1) is 11.1 Å². The minimum atomic E-state index is -0.436. The van der Waals surface area contributed by atoms with Gasteiger partial charge in [-0.05, 0) is 12.1 Å². The van der Waals surface area contributed by atoms with Gasteiger partial charge in [0.2, 0.25) is 5.88 Å². The van der Waals surface area contributed by atoms with Crippen molar-refractivity contribution < 1.29 is 5.11 Å². The summed E-state index contributed by atoms with van der Waals surface area (Å²) in [6, 6.07) is 4.20. The summed E-state index contributed by atoms with van der Waals surface area (Å²) in [5.74, 6) is -0.137. The molecule has 76 valence electrons. The second-order valence-corrected chi connectivity index (χ2v) is 3.25. The van der Waals surface area contributed by atoms with Gasteiger partial charge >= 0.3 is 0 Å². The second kappa shape index (κ2) is 3.70. The van der Waals surface area contributed by atoms with Gasteiger partial charge in [0.15, 0.2) is 5.82 Å². The number of aromatic amines is 1. The molecule has 5 nitrogen and oxygen atoms in total. The van der Waals surface area contributed by atoms with E-state index in [1.165, 1.54) is 6.20 Å². The highest BCUT2D eigenvalue weighted by Crippen LogP contribution is 2.14. The summed E-state index contributed by atoms with van der Waals surface area (Å²) >= 11 is 5.66. The quantitative estimate of drug-likeness (QED) is 0.761. The predicted molar refractivity (Wildman–Crippen MR) is 54.8 cm³/mol. The number of hydrogen-bond donors (Lipinski definition) is 2. The van der Waals surface area contributed by atoms with E-state index in [1.54, 1.807) is 12.1 Å². The summed E-state index contributed by atoms with van der Waals surface area (Å²) in [4.78, 5) is 21.2. The van der Waals surface area contributed by atoms with Crippen LogP contribution in [-0.4, -0.2) is 20.1 Å². The van der Waals surface area contributed by atoms with Crippen molar-refractivity contribution in [3.63, 3.8) is 0 Å². The van der Waals surface area contributed by atoms with Gasteiger partial charge in [-0.15, -0.1) is 0 Å². The third-order valence-electron chi connectivity index (χ3n) is 1.70. The molecule has 0 spiro atoms. The number of aromatic nitrogens is 3. The molecule has 0 saturated heterocycles. The van der Waals surface area contributed by atoms with Crippen LogP contribution in [0.25, 0.3) is 11.5 Å². The number of rotatable bonds is 1. The largest absolute Gasteiger partial charge is 0.493 e. The van der Waals surface area contributed by atoms with Gasteiger partial charge in [-0.1, -0.05) is 11.6 Å². The molecule has 0 unspecified atom stereocenters. The highest BCUT2D eigenvalue weighted by molar-refractivity contribution is 6.30. The predicted octanol–water partition coefficient (Wildman–Crippen LogP) is 1.19. The SMILES string of the molecule is O=c1cc(O)nc(-c2ccc(Cl)cn2)[nH]1. The molecule has 2 aromatic heterocycles. The van der Waals surface area contributed by atoms with Crippen LogP contribution >= 0.6 is 11.6 Å². The van der Waals surface area contributed by atoms with Crippen LogP contribution in [-0.2, 0) is 0 Å². The van der Waals surface area contributed by atoms with Crippen molar-refractivity contribution in [3.05, 3.63) is 39.8 Å². The van der Waals surface area contributed by atoms with Crippen molar-refractivity contribution in [2.45, 2.75) is 0 Å². The van der Waals surface area contributed by atoms with Gasteiger partial charge < -0.3 is 10.1 Å². The van der Waals surface area contributed by atoms with Gasteiger partial charge in [-0.3, -0.25) is 9.78 Å². The Hall–Kier alpha value is -1.88. The molecule has 6 heteroatoms. The van der Waals surface area contributed by atoms with Crippen LogP contribution in [0.15, 0.2) is 29.2 Å². The fourth-order valence-electron chi connectivity index (χ4n) is 1.08.